The molecular weight excluding hydrogens is 1130 g/mol. The van der Waals surface area contributed by atoms with Crippen molar-refractivity contribution < 1.29 is 93.6 Å². The molecule has 2 bridgehead atoms. The molecule has 0 aliphatic carbocycles. The molecule has 0 radical (unpaired) electrons. The Morgan fingerprint density at radius 3 is 1.62 bits per heavy atom. The van der Waals surface area contributed by atoms with Crippen molar-refractivity contribution in [1.82, 2.24) is 26.2 Å². The van der Waals surface area contributed by atoms with Gasteiger partial charge >= 0.3 is 5.97 Å². The number of esters is 1. The Balaban J connectivity index is 0.829. The van der Waals surface area contributed by atoms with Crippen LogP contribution in [-0.2, 0) is 77.8 Å². The summed E-state index contributed by atoms with van der Waals surface area (Å²) in [5.41, 5.74) is 1.51. The van der Waals surface area contributed by atoms with Crippen LogP contribution in [0.1, 0.15) is 81.9 Å². The largest absolute Gasteiger partial charge is 0.420 e. The Morgan fingerprint density at radius 2 is 1.10 bits per heavy atom. The van der Waals surface area contributed by atoms with Gasteiger partial charge in [0.25, 0.3) is 0 Å². The van der Waals surface area contributed by atoms with Gasteiger partial charge in [0.1, 0.15) is 5.84 Å². The molecule has 3 heterocycles. The van der Waals surface area contributed by atoms with E-state index in [0.29, 0.717) is 157 Å². The minimum absolute atomic E-state index is 0.0123. The number of ether oxygens (including phenoxy) is 11. The van der Waals surface area contributed by atoms with E-state index in [1.807, 2.05) is 31.7 Å². The van der Waals surface area contributed by atoms with E-state index in [-0.39, 0.29) is 81.1 Å². The van der Waals surface area contributed by atoms with Gasteiger partial charge in [-0.25, -0.2) is 13.8 Å². The maximum absolute atomic E-state index is 13.6. The molecule has 27 heteroatoms. The highest BCUT2D eigenvalue weighted by Crippen LogP contribution is 2.36. The van der Waals surface area contributed by atoms with Crippen LogP contribution in [-0.4, -0.2) is 212 Å². The van der Waals surface area contributed by atoms with E-state index in [4.69, 9.17) is 52.4 Å². The summed E-state index contributed by atoms with van der Waals surface area (Å²) in [4.78, 5) is 71.0. The maximum atomic E-state index is 13.6. The van der Waals surface area contributed by atoms with Gasteiger partial charge in [0.15, 0.2) is 11.6 Å². The molecule has 0 atom stereocenters. The Bertz CT molecular complexity index is 2320. The zero-order valence-corrected chi connectivity index (χ0v) is 49.6. The number of carbonyl (C=O) groups excluding carboxylic acids is 5. The number of unbranched alkanes of at least 4 members (excludes halogenated alkanes) is 2. The van der Waals surface area contributed by atoms with E-state index in [1.165, 1.54) is 4.88 Å². The second-order valence-electron chi connectivity index (χ2n) is 20.4. The summed E-state index contributed by atoms with van der Waals surface area (Å²) < 4.78 is 112. The second kappa shape index (κ2) is 42.6. The standard InChI is InChI=1S/C57H86F4N6O16S/c1-57(2,3)40-50(69)63-12-7-14-67-15-13-62-48-37-42(56(67)72)36-47-46(66-48)38-43(84-47)8-5-4-6-11-64-51(70)41-65-49(68)9-16-73-18-20-75-22-24-77-26-28-79-30-32-81-34-35-82-33-31-80-29-27-78-25-23-76-21-19-74-17-10-52(71)83-55-53(60)44(58)39-45(59)54(55)61/h36,38-39H,4-35,37,40-41H2,1-3H3,(H,62,66)(H,63,69)(H,64,70)(H,65,68). The van der Waals surface area contributed by atoms with Crippen LogP contribution in [0.4, 0.5) is 23.2 Å². The van der Waals surface area contributed by atoms with Crippen molar-refractivity contribution in [2.75, 3.05) is 171 Å². The summed E-state index contributed by atoms with van der Waals surface area (Å²) in [6.45, 7) is 15.1. The summed E-state index contributed by atoms with van der Waals surface area (Å²) >= 11 is 1.66. The summed E-state index contributed by atoms with van der Waals surface area (Å²) in [5, 5.41) is 11.9. The lowest BCUT2D eigenvalue weighted by molar-refractivity contribution is -0.136. The molecular formula is C57H86F4N6O16S. The molecule has 0 saturated carbocycles. The Labute approximate surface area is 493 Å². The van der Waals surface area contributed by atoms with Crippen molar-refractivity contribution >= 4 is 58.5 Å². The minimum atomic E-state index is -1.80. The number of amidine groups is 1. The smallest absolute Gasteiger partial charge is 0.313 e. The number of aryl methyl sites for hydroxylation is 1. The average Bonchev–Trinajstić information content (AvgIpc) is 2.89. The van der Waals surface area contributed by atoms with E-state index in [0.717, 1.165) is 42.1 Å². The molecule has 1 aromatic heterocycles. The van der Waals surface area contributed by atoms with Crippen molar-refractivity contribution in [3.63, 3.8) is 0 Å². The molecule has 1 fully saturated rings. The van der Waals surface area contributed by atoms with Crippen molar-refractivity contribution in [2.24, 2.45) is 10.4 Å². The third-order valence-corrected chi connectivity index (χ3v) is 13.2. The van der Waals surface area contributed by atoms with E-state index in [2.05, 4.69) is 32.1 Å². The quantitative estimate of drug-likeness (QED) is 0.0224. The first kappa shape index (κ1) is 71.3. The van der Waals surface area contributed by atoms with Gasteiger partial charge in [-0.15, -0.1) is 11.3 Å². The van der Waals surface area contributed by atoms with Crippen LogP contribution in [0, 0.1) is 28.7 Å². The monoisotopic (exact) mass is 1220 g/mol. The number of benzene rings is 1. The van der Waals surface area contributed by atoms with Crippen LogP contribution in [0.2, 0.25) is 0 Å². The minimum Gasteiger partial charge on any atom is -0.420 e. The summed E-state index contributed by atoms with van der Waals surface area (Å²) in [7, 11) is 0. The molecule has 2 aliphatic heterocycles. The van der Waals surface area contributed by atoms with Gasteiger partial charge in [-0.1, -0.05) is 27.2 Å². The van der Waals surface area contributed by atoms with Gasteiger partial charge < -0.3 is 78.3 Å². The first-order valence-corrected chi connectivity index (χ1v) is 29.5. The predicted octanol–water partition coefficient (Wildman–Crippen LogP) is 4.99. The summed E-state index contributed by atoms with van der Waals surface area (Å²) in [6.07, 6.45) is 6.81. The fourth-order valence-electron chi connectivity index (χ4n) is 7.84. The van der Waals surface area contributed by atoms with Crippen LogP contribution < -0.4 is 26.0 Å². The lowest BCUT2D eigenvalue weighted by Crippen LogP contribution is -2.43. The number of aliphatic imine (C=N–C) groups is 1. The molecule has 84 heavy (non-hydrogen) atoms. The molecule has 474 valence electrons. The van der Waals surface area contributed by atoms with E-state index >= 15 is 0 Å². The van der Waals surface area contributed by atoms with E-state index < -0.39 is 41.4 Å². The van der Waals surface area contributed by atoms with Crippen LogP contribution in [0.3, 0.4) is 0 Å². The Kier molecular flexibility index (Phi) is 36.1. The van der Waals surface area contributed by atoms with Crippen LogP contribution >= 0.6 is 11.3 Å². The highest BCUT2D eigenvalue weighted by molar-refractivity contribution is 7.13. The van der Waals surface area contributed by atoms with Crippen molar-refractivity contribution in [3.05, 3.63) is 50.7 Å². The number of thiophene rings is 1. The third kappa shape index (κ3) is 31.8. The second-order valence-corrected chi connectivity index (χ2v) is 21.5. The number of fused-ring (bicyclic) bond motifs is 3. The van der Waals surface area contributed by atoms with Crippen molar-refractivity contribution in [1.29, 1.82) is 0 Å². The molecule has 0 unspecified atom stereocenters. The topological polar surface area (TPSA) is 251 Å². The van der Waals surface area contributed by atoms with Crippen LogP contribution in [0.15, 0.2) is 22.7 Å². The summed E-state index contributed by atoms with van der Waals surface area (Å²) in [6, 6.07) is 2.12. The lowest BCUT2D eigenvalue weighted by atomic mass is 9.92. The van der Waals surface area contributed by atoms with Gasteiger partial charge in [0, 0.05) is 68.5 Å². The fourth-order valence-corrected chi connectivity index (χ4v) is 8.95. The normalized spacial score (nSPS) is 13.3. The molecule has 4 amide bonds. The van der Waals surface area contributed by atoms with Gasteiger partial charge in [-0.05, 0) is 43.2 Å². The molecule has 22 nitrogen and oxygen atoms in total. The predicted molar refractivity (Wildman–Crippen MR) is 303 cm³/mol. The number of halogens is 4. The SMILES string of the molecule is CC(C)(C)CC(=O)NCCCN1CCNC2=Nc3cc(CCCCCNC(=O)CNC(=O)CCOCCOCCOCCOCCOCCOCCOCCOCCOCCOCCC(=O)Oc4c(F)c(F)cc(F)c4F)sc3C=C(C2)C1=O. The number of hydrogen-bond donors (Lipinski definition) is 4. The van der Waals surface area contributed by atoms with Gasteiger partial charge in [-0.3, -0.25) is 24.0 Å². The molecule has 4 rings (SSSR count). The lowest BCUT2D eigenvalue weighted by Gasteiger charge is -2.27. The molecule has 1 saturated heterocycles. The summed E-state index contributed by atoms with van der Waals surface area (Å²) in [5.74, 6) is -9.23. The van der Waals surface area contributed by atoms with Crippen LogP contribution in [0.25, 0.3) is 6.08 Å². The third-order valence-electron chi connectivity index (χ3n) is 12.0. The zero-order valence-electron chi connectivity index (χ0n) is 48.8. The van der Waals surface area contributed by atoms with E-state index in [1.54, 1.807) is 11.3 Å². The molecule has 2 aliphatic rings. The average molecular weight is 1220 g/mol. The molecule has 2 aromatic rings. The number of carbonyl (C=O) groups is 5. The number of rotatable bonds is 47. The number of nitrogens with one attached hydrogen (secondary N) is 4. The molecule has 4 N–H and O–H groups in total. The first-order chi connectivity index (χ1) is 40.6. The van der Waals surface area contributed by atoms with Crippen molar-refractivity contribution in [3.8, 4) is 5.75 Å². The van der Waals surface area contributed by atoms with Gasteiger partial charge in [0.05, 0.1) is 156 Å². The molecule has 0 spiro atoms. The Morgan fingerprint density at radius 1 is 0.607 bits per heavy atom. The number of amides is 4. The number of nitrogens with zero attached hydrogens (tertiary/aromatic N) is 2. The van der Waals surface area contributed by atoms with Gasteiger partial charge in [-0.2, -0.15) is 8.78 Å². The van der Waals surface area contributed by atoms with E-state index in [9.17, 15) is 41.5 Å². The Hall–Kier alpha value is -5.20. The van der Waals surface area contributed by atoms with Gasteiger partial charge in [0.2, 0.25) is 41.0 Å². The first-order valence-electron chi connectivity index (χ1n) is 28.6. The zero-order chi connectivity index (χ0) is 60.6. The highest BCUT2D eigenvalue weighted by Gasteiger charge is 2.27. The number of hydrogen-bond acceptors (Lipinski definition) is 19. The van der Waals surface area contributed by atoms with Crippen LogP contribution in [0.5, 0.6) is 5.75 Å². The van der Waals surface area contributed by atoms with Crippen molar-refractivity contribution in [2.45, 2.75) is 78.6 Å². The maximum Gasteiger partial charge on any atom is 0.313 e. The molecule has 1 aromatic carbocycles. The highest BCUT2D eigenvalue weighted by atomic mass is 32.1. The fraction of sp³-hybridized carbons (Fsp3) is 0.684.